The van der Waals surface area contributed by atoms with Crippen LogP contribution in [0.4, 0.5) is 8.78 Å². The maximum Gasteiger partial charge on any atom is 0.313 e. The first-order valence-electron chi connectivity index (χ1n) is 9.27. The fourth-order valence-electron chi connectivity index (χ4n) is 3.48. The molecule has 5 nitrogen and oxygen atoms in total. The van der Waals surface area contributed by atoms with Gasteiger partial charge in [0.05, 0.1) is 22.6 Å². The Kier molecular flexibility index (Phi) is 5.85. The highest BCUT2D eigenvalue weighted by Crippen LogP contribution is 2.37. The average molecular weight is 436 g/mol. The Morgan fingerprint density at radius 2 is 1.80 bits per heavy atom. The minimum atomic E-state index is -0.955. The van der Waals surface area contributed by atoms with Crippen LogP contribution in [-0.4, -0.2) is 27.7 Å². The van der Waals surface area contributed by atoms with E-state index in [0.717, 1.165) is 12.1 Å². The Hall–Kier alpha value is -2.93. The Balaban J connectivity index is 2.27. The van der Waals surface area contributed by atoms with Gasteiger partial charge >= 0.3 is 5.97 Å². The molecular formula is C22H20ClF2NO4. The van der Waals surface area contributed by atoms with Gasteiger partial charge in [-0.25, -0.2) is 8.78 Å². The minimum absolute atomic E-state index is 0.00524. The third-order valence-electron chi connectivity index (χ3n) is 4.84. The van der Waals surface area contributed by atoms with Crippen molar-refractivity contribution in [1.29, 1.82) is 0 Å². The Morgan fingerprint density at radius 1 is 1.13 bits per heavy atom. The zero-order valence-electron chi connectivity index (χ0n) is 16.8. The summed E-state index contributed by atoms with van der Waals surface area (Å²) in [6, 6.07) is 6.08. The maximum absolute atomic E-state index is 14.9. The van der Waals surface area contributed by atoms with Gasteiger partial charge in [-0.05, 0) is 63.6 Å². The van der Waals surface area contributed by atoms with Crippen molar-refractivity contribution in [2.45, 2.75) is 39.7 Å². The molecule has 0 unspecified atom stereocenters. The summed E-state index contributed by atoms with van der Waals surface area (Å²) in [6.45, 7) is 6.46. The number of aromatic nitrogens is 1. The largest absolute Gasteiger partial charge is 0.505 e. The fraction of sp³-hybridized carbons (Fsp3) is 0.273. The Labute approximate surface area is 176 Å². The molecule has 3 aromatic rings. The number of benzene rings is 2. The van der Waals surface area contributed by atoms with Gasteiger partial charge in [-0.1, -0.05) is 11.6 Å². The van der Waals surface area contributed by atoms with Gasteiger partial charge in [0.15, 0.2) is 11.6 Å². The smallest absolute Gasteiger partial charge is 0.313 e. The number of rotatable bonds is 4. The lowest BCUT2D eigenvalue weighted by Gasteiger charge is -2.15. The number of hydrogen-bond donors (Lipinski definition) is 1. The van der Waals surface area contributed by atoms with Gasteiger partial charge in [0, 0.05) is 16.6 Å². The third kappa shape index (κ3) is 3.65. The number of halogens is 3. The van der Waals surface area contributed by atoms with Crippen molar-refractivity contribution in [1.82, 2.24) is 4.57 Å². The predicted molar refractivity (Wildman–Crippen MR) is 109 cm³/mol. The third-order valence-corrected chi connectivity index (χ3v) is 5.15. The number of esters is 1. The van der Waals surface area contributed by atoms with Gasteiger partial charge in [0.2, 0.25) is 0 Å². The fourth-order valence-corrected chi connectivity index (χ4v) is 3.60. The lowest BCUT2D eigenvalue weighted by atomic mass is 9.97. The van der Waals surface area contributed by atoms with E-state index in [0.29, 0.717) is 0 Å². The highest BCUT2D eigenvalue weighted by Gasteiger charge is 2.30. The Morgan fingerprint density at radius 3 is 2.40 bits per heavy atom. The van der Waals surface area contributed by atoms with Crippen LogP contribution in [0.1, 0.15) is 48.3 Å². The van der Waals surface area contributed by atoms with Crippen molar-refractivity contribution in [3.63, 3.8) is 0 Å². The molecule has 0 amide bonds. The molecule has 158 valence electrons. The lowest BCUT2D eigenvalue weighted by molar-refractivity contribution is -0.148. The van der Waals surface area contributed by atoms with Gasteiger partial charge in [-0.3, -0.25) is 14.2 Å². The SMILES string of the molecule is Cc1c([C@@H](C)C(=O)OC(C)C)c2c(F)c(O)ccc2n1C(=O)c1ccc(Cl)c(F)c1. The number of carbonyl (C=O) groups excluding carboxylic acids is 2. The molecule has 0 aliphatic heterocycles. The Bertz CT molecular complexity index is 1170. The summed E-state index contributed by atoms with van der Waals surface area (Å²) < 4.78 is 35.2. The van der Waals surface area contributed by atoms with Crippen LogP contribution in [0.15, 0.2) is 30.3 Å². The summed E-state index contributed by atoms with van der Waals surface area (Å²) >= 11 is 5.70. The van der Waals surface area contributed by atoms with E-state index in [-0.39, 0.29) is 38.9 Å². The number of carbonyl (C=O) groups is 2. The topological polar surface area (TPSA) is 68.5 Å². The quantitative estimate of drug-likeness (QED) is 0.562. The molecule has 1 heterocycles. The van der Waals surface area contributed by atoms with Crippen LogP contribution in [0.2, 0.25) is 5.02 Å². The molecule has 2 aromatic carbocycles. The van der Waals surface area contributed by atoms with Crippen LogP contribution in [0.25, 0.3) is 10.9 Å². The summed E-state index contributed by atoms with van der Waals surface area (Å²) in [5.74, 6) is -4.48. The van der Waals surface area contributed by atoms with E-state index in [9.17, 15) is 23.5 Å². The summed E-state index contributed by atoms with van der Waals surface area (Å²) in [5, 5.41) is 9.68. The summed E-state index contributed by atoms with van der Waals surface area (Å²) in [6.07, 6.45) is -0.384. The van der Waals surface area contributed by atoms with Crippen molar-refractivity contribution in [3.05, 3.63) is 63.8 Å². The molecule has 30 heavy (non-hydrogen) atoms. The predicted octanol–water partition coefficient (Wildman–Crippen LogP) is 5.33. The molecule has 0 radical (unpaired) electrons. The van der Waals surface area contributed by atoms with Gasteiger partial charge < -0.3 is 9.84 Å². The van der Waals surface area contributed by atoms with Crippen LogP contribution < -0.4 is 0 Å². The number of fused-ring (bicyclic) bond motifs is 1. The molecule has 0 aliphatic carbocycles. The molecule has 1 atom stereocenters. The molecule has 1 N–H and O–H groups in total. The normalized spacial score (nSPS) is 12.4. The zero-order chi connectivity index (χ0) is 22.3. The average Bonchev–Trinajstić information content (AvgIpc) is 2.97. The van der Waals surface area contributed by atoms with E-state index >= 15 is 0 Å². The van der Waals surface area contributed by atoms with Crippen molar-refractivity contribution >= 4 is 34.4 Å². The first-order chi connectivity index (χ1) is 14.0. The molecule has 0 spiro atoms. The number of phenolic OH excluding ortho intramolecular Hbond substituents is 1. The summed E-state index contributed by atoms with van der Waals surface area (Å²) in [7, 11) is 0. The van der Waals surface area contributed by atoms with Crippen molar-refractivity contribution in [2.24, 2.45) is 0 Å². The second-order valence-electron chi connectivity index (χ2n) is 7.27. The number of ether oxygens (including phenoxy) is 1. The minimum Gasteiger partial charge on any atom is -0.505 e. The lowest BCUT2D eigenvalue weighted by Crippen LogP contribution is -2.19. The second kappa shape index (κ2) is 8.07. The number of hydrogen-bond acceptors (Lipinski definition) is 4. The van der Waals surface area contributed by atoms with E-state index in [2.05, 4.69) is 0 Å². The van der Waals surface area contributed by atoms with E-state index in [1.807, 2.05) is 0 Å². The van der Waals surface area contributed by atoms with E-state index < -0.39 is 35.2 Å². The number of aromatic hydroxyl groups is 1. The van der Waals surface area contributed by atoms with Crippen LogP contribution >= 0.6 is 11.6 Å². The molecule has 8 heteroatoms. The van der Waals surface area contributed by atoms with Gasteiger partial charge in [-0.2, -0.15) is 0 Å². The highest BCUT2D eigenvalue weighted by atomic mass is 35.5. The standard InChI is InChI=1S/C22H20ClF2NO4/c1-10(2)30-22(29)11(3)18-12(4)26(16-7-8-17(27)20(25)19(16)18)21(28)13-5-6-14(23)15(24)9-13/h5-11,27H,1-4H3/t11-/m1/s1. The van der Waals surface area contributed by atoms with Crippen LogP contribution in [-0.2, 0) is 9.53 Å². The van der Waals surface area contributed by atoms with Gasteiger partial charge in [-0.15, -0.1) is 0 Å². The monoisotopic (exact) mass is 435 g/mol. The van der Waals surface area contributed by atoms with Crippen molar-refractivity contribution in [2.75, 3.05) is 0 Å². The van der Waals surface area contributed by atoms with E-state index in [1.54, 1.807) is 20.8 Å². The molecule has 0 saturated heterocycles. The first-order valence-corrected chi connectivity index (χ1v) is 9.65. The van der Waals surface area contributed by atoms with Crippen molar-refractivity contribution < 1.29 is 28.2 Å². The number of phenols is 1. The molecule has 0 fully saturated rings. The second-order valence-corrected chi connectivity index (χ2v) is 7.68. The van der Waals surface area contributed by atoms with Crippen LogP contribution in [0.5, 0.6) is 5.75 Å². The molecular weight excluding hydrogens is 416 g/mol. The highest BCUT2D eigenvalue weighted by molar-refractivity contribution is 6.30. The van der Waals surface area contributed by atoms with Crippen molar-refractivity contribution in [3.8, 4) is 5.75 Å². The summed E-state index contributed by atoms with van der Waals surface area (Å²) in [4.78, 5) is 25.7. The number of nitrogens with zero attached hydrogens (tertiary/aromatic N) is 1. The molecule has 1 aromatic heterocycles. The molecule has 0 bridgehead atoms. The summed E-state index contributed by atoms with van der Waals surface area (Å²) in [5.41, 5.74) is 0.631. The molecule has 0 saturated carbocycles. The van der Waals surface area contributed by atoms with Gasteiger partial charge in [0.1, 0.15) is 5.82 Å². The van der Waals surface area contributed by atoms with Crippen LogP contribution in [0.3, 0.4) is 0 Å². The van der Waals surface area contributed by atoms with Gasteiger partial charge in [0.25, 0.3) is 5.91 Å². The first kappa shape index (κ1) is 21.8. The van der Waals surface area contributed by atoms with Crippen LogP contribution in [0, 0.1) is 18.6 Å². The zero-order valence-corrected chi connectivity index (χ0v) is 17.6. The maximum atomic E-state index is 14.9. The molecule has 0 aliphatic rings. The molecule has 3 rings (SSSR count). The van der Waals surface area contributed by atoms with E-state index in [1.165, 1.54) is 29.7 Å². The van der Waals surface area contributed by atoms with E-state index in [4.69, 9.17) is 16.3 Å².